The number of nitrogens with zero attached hydrogens (tertiary/aromatic N) is 5. The molecule has 0 aliphatic rings. The van der Waals surface area contributed by atoms with Crippen LogP contribution in [0, 0.1) is 0 Å². The zero-order valence-corrected chi connectivity index (χ0v) is 19.0. The zero-order chi connectivity index (χ0) is 23.0. The number of aromatic nitrogens is 6. The average molecular weight is 445 g/mol. The Morgan fingerprint density at radius 1 is 1.03 bits per heavy atom. The van der Waals surface area contributed by atoms with E-state index in [1.807, 2.05) is 28.9 Å². The number of tetrazole rings is 1. The molecule has 0 saturated heterocycles. The molecule has 2 aromatic carbocycles. The van der Waals surface area contributed by atoms with Gasteiger partial charge < -0.3 is 4.74 Å². The Morgan fingerprint density at radius 2 is 1.82 bits per heavy atom. The van der Waals surface area contributed by atoms with E-state index in [9.17, 15) is 4.79 Å². The molecule has 170 valence electrons. The van der Waals surface area contributed by atoms with E-state index in [0.29, 0.717) is 24.7 Å². The number of H-pyrrole nitrogens is 1. The maximum atomic E-state index is 12.2. The lowest BCUT2D eigenvalue weighted by atomic mass is 9.98. The first kappa shape index (κ1) is 22.4. The maximum Gasteiger partial charge on any atom is 0.358 e. The Hall–Kier alpha value is -3.81. The fourth-order valence-corrected chi connectivity index (χ4v) is 3.83. The van der Waals surface area contributed by atoms with E-state index >= 15 is 0 Å². The van der Waals surface area contributed by atoms with Gasteiger partial charge in [0, 0.05) is 11.3 Å². The Balaban J connectivity index is 1.56. The number of esters is 1. The lowest BCUT2D eigenvalue weighted by Crippen LogP contribution is -2.09. The van der Waals surface area contributed by atoms with Crippen LogP contribution in [0.4, 0.5) is 0 Å². The van der Waals surface area contributed by atoms with Crippen molar-refractivity contribution in [3.05, 3.63) is 71.5 Å². The van der Waals surface area contributed by atoms with Crippen LogP contribution in [-0.2, 0) is 17.7 Å². The van der Waals surface area contributed by atoms with E-state index in [4.69, 9.17) is 4.74 Å². The van der Waals surface area contributed by atoms with Gasteiger partial charge in [0.25, 0.3) is 0 Å². The molecule has 0 fully saturated rings. The SMILES string of the molecule is CCCCCc1cc(C(=O)OCC)nn1Cc1ccc(-c2ccccc2-c2nnn[nH]2)cc1. The van der Waals surface area contributed by atoms with E-state index in [0.717, 1.165) is 53.6 Å². The molecular formula is C25H28N6O2. The van der Waals surface area contributed by atoms with Crippen LogP contribution in [0.25, 0.3) is 22.5 Å². The first-order valence-electron chi connectivity index (χ1n) is 11.4. The summed E-state index contributed by atoms with van der Waals surface area (Å²) in [6, 6.07) is 18.2. The van der Waals surface area contributed by atoms with Gasteiger partial charge in [-0.25, -0.2) is 9.89 Å². The van der Waals surface area contributed by atoms with Gasteiger partial charge in [0.05, 0.1) is 13.2 Å². The molecule has 0 atom stereocenters. The first-order chi connectivity index (χ1) is 16.2. The number of hydrogen-bond donors (Lipinski definition) is 1. The van der Waals surface area contributed by atoms with Crippen LogP contribution in [0.3, 0.4) is 0 Å². The summed E-state index contributed by atoms with van der Waals surface area (Å²) in [5, 5.41) is 18.8. The highest BCUT2D eigenvalue weighted by molar-refractivity contribution is 5.87. The van der Waals surface area contributed by atoms with E-state index in [1.165, 1.54) is 0 Å². The molecule has 0 bridgehead atoms. The molecule has 0 radical (unpaired) electrons. The molecule has 0 unspecified atom stereocenters. The van der Waals surface area contributed by atoms with Crippen LogP contribution in [0.5, 0.6) is 0 Å². The number of aryl methyl sites for hydroxylation is 1. The second kappa shape index (κ2) is 10.7. The Morgan fingerprint density at radius 3 is 2.52 bits per heavy atom. The number of nitrogens with one attached hydrogen (secondary N) is 1. The zero-order valence-electron chi connectivity index (χ0n) is 19.0. The topological polar surface area (TPSA) is 98.6 Å². The molecule has 8 nitrogen and oxygen atoms in total. The molecule has 0 saturated carbocycles. The lowest BCUT2D eigenvalue weighted by molar-refractivity contribution is 0.0518. The number of carbonyl (C=O) groups excluding carboxylic acids is 1. The van der Waals surface area contributed by atoms with E-state index < -0.39 is 0 Å². The first-order valence-corrected chi connectivity index (χ1v) is 11.4. The van der Waals surface area contributed by atoms with Gasteiger partial charge in [0.15, 0.2) is 11.5 Å². The summed E-state index contributed by atoms with van der Waals surface area (Å²) < 4.78 is 7.07. The number of benzene rings is 2. The molecule has 2 aromatic heterocycles. The van der Waals surface area contributed by atoms with Crippen molar-refractivity contribution >= 4 is 5.97 Å². The largest absolute Gasteiger partial charge is 0.461 e. The van der Waals surface area contributed by atoms with Crippen molar-refractivity contribution in [3.8, 4) is 22.5 Å². The number of ether oxygens (including phenoxy) is 1. The third-order valence-corrected chi connectivity index (χ3v) is 5.51. The monoisotopic (exact) mass is 444 g/mol. The van der Waals surface area contributed by atoms with Crippen molar-refractivity contribution in [2.24, 2.45) is 0 Å². The second-order valence-electron chi connectivity index (χ2n) is 7.85. The number of rotatable bonds is 10. The highest BCUT2D eigenvalue weighted by Gasteiger charge is 2.16. The van der Waals surface area contributed by atoms with Crippen molar-refractivity contribution in [2.75, 3.05) is 6.61 Å². The number of unbranched alkanes of at least 4 members (excludes halogenated alkanes) is 2. The van der Waals surface area contributed by atoms with E-state index in [-0.39, 0.29) is 5.97 Å². The summed E-state index contributed by atoms with van der Waals surface area (Å²) in [6.45, 7) is 4.91. The Bertz CT molecular complexity index is 1180. The van der Waals surface area contributed by atoms with Crippen molar-refractivity contribution in [2.45, 2.75) is 46.1 Å². The van der Waals surface area contributed by atoms with Crippen molar-refractivity contribution in [3.63, 3.8) is 0 Å². The molecule has 0 spiro atoms. The van der Waals surface area contributed by atoms with Crippen LogP contribution in [0.1, 0.15) is 54.9 Å². The van der Waals surface area contributed by atoms with E-state index in [1.54, 1.807) is 6.92 Å². The molecule has 4 aromatic rings. The summed E-state index contributed by atoms with van der Waals surface area (Å²) in [7, 11) is 0. The Kier molecular flexibility index (Phi) is 7.24. The minimum absolute atomic E-state index is 0.337. The molecule has 0 amide bonds. The highest BCUT2D eigenvalue weighted by atomic mass is 16.5. The van der Waals surface area contributed by atoms with Gasteiger partial charge in [0.1, 0.15) is 0 Å². The van der Waals surface area contributed by atoms with Crippen LogP contribution in [-0.4, -0.2) is 43.0 Å². The molecule has 4 rings (SSSR count). The average Bonchev–Trinajstić information content (AvgIpc) is 3.51. The number of carbonyl (C=O) groups is 1. The smallest absolute Gasteiger partial charge is 0.358 e. The van der Waals surface area contributed by atoms with E-state index in [2.05, 4.69) is 63.0 Å². The summed E-state index contributed by atoms with van der Waals surface area (Å²) in [5.74, 6) is 0.260. The van der Waals surface area contributed by atoms with Crippen molar-refractivity contribution < 1.29 is 9.53 Å². The molecule has 0 aliphatic carbocycles. The van der Waals surface area contributed by atoms with Gasteiger partial charge >= 0.3 is 5.97 Å². The minimum atomic E-state index is -0.373. The fourth-order valence-electron chi connectivity index (χ4n) is 3.83. The van der Waals surface area contributed by atoms with Crippen molar-refractivity contribution in [1.82, 2.24) is 30.4 Å². The fraction of sp³-hybridized carbons (Fsp3) is 0.320. The number of aromatic amines is 1. The summed E-state index contributed by atoms with van der Waals surface area (Å²) >= 11 is 0. The van der Waals surface area contributed by atoms with Gasteiger partial charge in [0.2, 0.25) is 0 Å². The molecule has 0 aliphatic heterocycles. The summed E-state index contributed by atoms with van der Waals surface area (Å²) in [6.07, 6.45) is 4.24. The predicted octanol–water partition coefficient (Wildman–Crippen LogP) is 4.69. The Labute approximate surface area is 193 Å². The standard InChI is InChI=1S/C25H28N6O2/c1-3-5-6-9-20-16-23(25(32)33-4-2)28-31(20)17-18-12-14-19(15-13-18)21-10-7-8-11-22(21)24-26-29-30-27-24/h7-8,10-16H,3-6,9,17H2,1-2H3,(H,26,27,29,30). The van der Waals surface area contributed by atoms with Gasteiger partial charge in [-0.15, -0.1) is 5.10 Å². The quantitative estimate of drug-likeness (QED) is 0.281. The van der Waals surface area contributed by atoms with Gasteiger partial charge in [-0.2, -0.15) is 5.10 Å². The van der Waals surface area contributed by atoms with Crippen LogP contribution in [0.15, 0.2) is 54.6 Å². The van der Waals surface area contributed by atoms with Crippen molar-refractivity contribution in [1.29, 1.82) is 0 Å². The number of hydrogen-bond acceptors (Lipinski definition) is 6. The van der Waals surface area contributed by atoms with Crippen LogP contribution >= 0.6 is 0 Å². The molecular weight excluding hydrogens is 416 g/mol. The second-order valence-corrected chi connectivity index (χ2v) is 7.85. The minimum Gasteiger partial charge on any atom is -0.461 e. The molecule has 1 N–H and O–H groups in total. The predicted molar refractivity (Wildman–Crippen MR) is 126 cm³/mol. The summed E-state index contributed by atoms with van der Waals surface area (Å²) in [5.41, 5.74) is 5.59. The molecule has 33 heavy (non-hydrogen) atoms. The maximum absolute atomic E-state index is 12.2. The highest BCUT2D eigenvalue weighted by Crippen LogP contribution is 2.29. The van der Waals surface area contributed by atoms with Gasteiger partial charge in [-0.1, -0.05) is 68.3 Å². The lowest BCUT2D eigenvalue weighted by Gasteiger charge is -2.10. The normalized spacial score (nSPS) is 11.0. The molecule has 2 heterocycles. The third-order valence-electron chi connectivity index (χ3n) is 5.51. The van der Waals surface area contributed by atoms with Gasteiger partial charge in [-0.3, -0.25) is 4.68 Å². The van der Waals surface area contributed by atoms with Crippen LogP contribution in [0.2, 0.25) is 0 Å². The summed E-state index contributed by atoms with van der Waals surface area (Å²) in [4.78, 5) is 12.2. The third kappa shape index (κ3) is 5.34. The van der Waals surface area contributed by atoms with Gasteiger partial charge in [-0.05, 0) is 52.9 Å². The van der Waals surface area contributed by atoms with Crippen LogP contribution < -0.4 is 0 Å². The molecule has 8 heteroatoms.